The Hall–Kier alpha value is -2.61. The molecule has 0 spiro atoms. The Balaban J connectivity index is 1.88. The summed E-state index contributed by atoms with van der Waals surface area (Å²) in [6.07, 6.45) is 0.389. The van der Waals surface area contributed by atoms with Gasteiger partial charge in [0.25, 0.3) is 5.91 Å². The molecule has 1 aliphatic rings. The third-order valence-corrected chi connectivity index (χ3v) is 5.21. The maximum atomic E-state index is 13.3. The third-order valence-electron chi connectivity index (χ3n) is 4.03. The number of hydrogen-bond donors (Lipinski definition) is 1. The van der Waals surface area contributed by atoms with E-state index in [9.17, 15) is 17.6 Å². The van der Waals surface area contributed by atoms with Gasteiger partial charge in [0.15, 0.2) is 6.10 Å². The van der Waals surface area contributed by atoms with E-state index in [4.69, 9.17) is 4.74 Å². The van der Waals surface area contributed by atoms with Gasteiger partial charge in [0.2, 0.25) is 10.0 Å². The smallest absolute Gasteiger partial charge is 0.265 e. The zero-order valence-electron chi connectivity index (χ0n) is 14.4. The van der Waals surface area contributed by atoms with Gasteiger partial charge in [-0.15, -0.1) is 0 Å². The van der Waals surface area contributed by atoms with Gasteiger partial charge in [0.05, 0.1) is 11.9 Å². The number of carbonyl (C=O) groups is 1. The monoisotopic (exact) mass is 378 g/mol. The maximum absolute atomic E-state index is 13.3. The fourth-order valence-corrected chi connectivity index (χ4v) is 3.74. The number of anilines is 2. The van der Waals surface area contributed by atoms with Crippen LogP contribution in [0.25, 0.3) is 0 Å². The van der Waals surface area contributed by atoms with Crippen LogP contribution in [0.2, 0.25) is 0 Å². The lowest BCUT2D eigenvalue weighted by molar-refractivity contribution is -0.122. The largest absolute Gasteiger partial charge is 0.478 e. The number of fused-ring (bicyclic) bond motifs is 1. The van der Waals surface area contributed by atoms with Crippen molar-refractivity contribution in [3.63, 3.8) is 0 Å². The van der Waals surface area contributed by atoms with Crippen LogP contribution in [0, 0.1) is 12.7 Å². The van der Waals surface area contributed by atoms with E-state index < -0.39 is 27.9 Å². The second kappa shape index (κ2) is 6.95. The Labute approximate surface area is 151 Å². The first-order valence-corrected chi connectivity index (χ1v) is 9.90. The van der Waals surface area contributed by atoms with Crippen molar-refractivity contribution in [2.75, 3.05) is 22.4 Å². The standard InChI is InChI=1S/C18H19FN2O4S/c1-12-6-7-16-15(10-12)21(26(2,23)24)9-8-17(25-16)18(22)20-14-5-3-4-13(19)11-14/h3-7,10-11,17H,8-9H2,1-2H3,(H,20,22)/t17-/m0/s1. The van der Waals surface area contributed by atoms with Crippen LogP contribution < -0.4 is 14.4 Å². The molecule has 2 aromatic carbocycles. The number of amides is 1. The fourth-order valence-electron chi connectivity index (χ4n) is 2.81. The van der Waals surface area contributed by atoms with Crippen LogP contribution in [0.1, 0.15) is 12.0 Å². The Bertz CT molecular complexity index is 946. The van der Waals surface area contributed by atoms with Crippen molar-refractivity contribution in [2.45, 2.75) is 19.4 Å². The molecule has 0 bridgehead atoms. The molecule has 138 valence electrons. The number of nitrogens with one attached hydrogen (secondary N) is 1. The van der Waals surface area contributed by atoms with E-state index in [1.807, 2.05) is 6.92 Å². The molecule has 3 rings (SSSR count). The quantitative estimate of drug-likeness (QED) is 0.891. The molecule has 1 aliphatic heterocycles. The second-order valence-electron chi connectivity index (χ2n) is 6.20. The highest BCUT2D eigenvalue weighted by Gasteiger charge is 2.31. The van der Waals surface area contributed by atoms with Crippen LogP contribution >= 0.6 is 0 Å². The number of sulfonamides is 1. The zero-order chi connectivity index (χ0) is 18.9. The van der Waals surface area contributed by atoms with Crippen molar-refractivity contribution in [3.8, 4) is 5.75 Å². The summed E-state index contributed by atoms with van der Waals surface area (Å²) in [6.45, 7) is 1.95. The van der Waals surface area contributed by atoms with Crippen molar-refractivity contribution in [3.05, 3.63) is 53.8 Å². The summed E-state index contributed by atoms with van der Waals surface area (Å²) in [4.78, 5) is 12.5. The van der Waals surface area contributed by atoms with Crippen molar-refractivity contribution in [2.24, 2.45) is 0 Å². The number of carbonyl (C=O) groups excluding carboxylic acids is 1. The molecule has 8 heteroatoms. The summed E-state index contributed by atoms with van der Waals surface area (Å²) in [7, 11) is -3.52. The number of benzene rings is 2. The Morgan fingerprint density at radius 2 is 2.04 bits per heavy atom. The highest BCUT2D eigenvalue weighted by Crippen LogP contribution is 2.35. The molecule has 1 amide bonds. The van der Waals surface area contributed by atoms with E-state index in [0.717, 1.165) is 11.8 Å². The molecule has 0 unspecified atom stereocenters. The molecule has 0 aliphatic carbocycles. The summed E-state index contributed by atoms with van der Waals surface area (Å²) < 4.78 is 44.6. The molecule has 0 radical (unpaired) electrons. The number of halogens is 1. The van der Waals surface area contributed by atoms with Crippen LogP contribution in [-0.4, -0.2) is 33.2 Å². The van der Waals surface area contributed by atoms with Crippen LogP contribution in [-0.2, 0) is 14.8 Å². The molecule has 0 saturated carbocycles. The van der Waals surface area contributed by atoms with E-state index in [0.29, 0.717) is 17.1 Å². The van der Waals surface area contributed by atoms with Gasteiger partial charge in [-0.3, -0.25) is 9.10 Å². The van der Waals surface area contributed by atoms with E-state index >= 15 is 0 Å². The minimum atomic E-state index is -3.52. The van der Waals surface area contributed by atoms with Crippen molar-refractivity contribution in [1.29, 1.82) is 0 Å². The normalized spacial score (nSPS) is 17.0. The molecular formula is C18H19FN2O4S. The maximum Gasteiger partial charge on any atom is 0.265 e. The molecule has 0 saturated heterocycles. The van der Waals surface area contributed by atoms with E-state index in [-0.39, 0.29) is 13.0 Å². The van der Waals surface area contributed by atoms with Gasteiger partial charge >= 0.3 is 0 Å². The number of hydrogen-bond acceptors (Lipinski definition) is 4. The predicted octanol–water partition coefficient (Wildman–Crippen LogP) is 2.69. The molecule has 26 heavy (non-hydrogen) atoms. The molecule has 1 atom stereocenters. The lowest BCUT2D eigenvalue weighted by Crippen LogP contribution is -2.36. The topological polar surface area (TPSA) is 75.7 Å². The van der Waals surface area contributed by atoms with Gasteiger partial charge in [-0.25, -0.2) is 12.8 Å². The van der Waals surface area contributed by atoms with Crippen molar-refractivity contribution >= 4 is 27.3 Å². The highest BCUT2D eigenvalue weighted by atomic mass is 32.2. The number of rotatable bonds is 3. The summed E-state index contributed by atoms with van der Waals surface area (Å²) in [5.74, 6) is -0.607. The second-order valence-corrected chi connectivity index (χ2v) is 8.11. The number of nitrogens with zero attached hydrogens (tertiary/aromatic N) is 1. The average Bonchev–Trinajstić information content (AvgIpc) is 2.73. The minimum absolute atomic E-state index is 0.108. The molecule has 2 aromatic rings. The van der Waals surface area contributed by atoms with Crippen LogP contribution in [0.3, 0.4) is 0 Å². The van der Waals surface area contributed by atoms with Crippen LogP contribution in [0.5, 0.6) is 5.75 Å². The van der Waals surface area contributed by atoms with Gasteiger partial charge in [-0.05, 0) is 42.8 Å². The SMILES string of the molecule is Cc1ccc2c(c1)N(S(C)(=O)=O)CC[C@@H](C(=O)Nc1cccc(F)c1)O2. The van der Waals surface area contributed by atoms with Gasteiger partial charge in [-0.1, -0.05) is 12.1 Å². The summed E-state index contributed by atoms with van der Waals surface area (Å²) in [5, 5.41) is 2.60. The number of ether oxygens (including phenoxy) is 1. The molecule has 0 fully saturated rings. The average molecular weight is 378 g/mol. The Kier molecular flexibility index (Phi) is 4.86. The highest BCUT2D eigenvalue weighted by molar-refractivity contribution is 7.92. The summed E-state index contributed by atoms with van der Waals surface area (Å²) in [5.41, 5.74) is 1.60. The van der Waals surface area contributed by atoms with Crippen molar-refractivity contribution < 1.29 is 22.3 Å². The van der Waals surface area contributed by atoms with Crippen LogP contribution in [0.15, 0.2) is 42.5 Å². The molecule has 0 aromatic heterocycles. The van der Waals surface area contributed by atoms with Crippen molar-refractivity contribution in [1.82, 2.24) is 0 Å². The van der Waals surface area contributed by atoms with Gasteiger partial charge in [-0.2, -0.15) is 0 Å². The summed E-state index contributed by atoms with van der Waals surface area (Å²) in [6, 6.07) is 10.7. The first kappa shape index (κ1) is 18.2. The van der Waals surface area contributed by atoms with Gasteiger partial charge in [0, 0.05) is 18.7 Å². The fraction of sp³-hybridized carbons (Fsp3) is 0.278. The first-order valence-electron chi connectivity index (χ1n) is 8.05. The van der Waals surface area contributed by atoms with Gasteiger partial charge < -0.3 is 10.1 Å². The summed E-state index contributed by atoms with van der Waals surface area (Å²) >= 11 is 0. The van der Waals surface area contributed by atoms with E-state index in [1.54, 1.807) is 24.3 Å². The number of aryl methyl sites for hydroxylation is 1. The lowest BCUT2D eigenvalue weighted by Gasteiger charge is -2.21. The van der Waals surface area contributed by atoms with E-state index in [1.165, 1.54) is 22.5 Å². The molecular weight excluding hydrogens is 359 g/mol. The minimum Gasteiger partial charge on any atom is -0.478 e. The van der Waals surface area contributed by atoms with E-state index in [2.05, 4.69) is 5.32 Å². The van der Waals surface area contributed by atoms with Gasteiger partial charge in [0.1, 0.15) is 11.6 Å². The molecule has 6 nitrogen and oxygen atoms in total. The third kappa shape index (κ3) is 3.96. The first-order chi connectivity index (χ1) is 12.2. The lowest BCUT2D eigenvalue weighted by atomic mass is 10.2. The molecule has 1 N–H and O–H groups in total. The molecule has 1 heterocycles. The van der Waals surface area contributed by atoms with Crippen LogP contribution in [0.4, 0.5) is 15.8 Å². The Morgan fingerprint density at radius 3 is 2.73 bits per heavy atom. The predicted molar refractivity (Wildman–Crippen MR) is 97.4 cm³/mol. The zero-order valence-corrected chi connectivity index (χ0v) is 15.2. The Morgan fingerprint density at radius 1 is 1.27 bits per heavy atom.